The van der Waals surface area contributed by atoms with Gasteiger partial charge in [0.05, 0.1) is 16.2 Å². The maximum Gasteiger partial charge on any atom is 0.249 e. The number of hydrogen-bond donors (Lipinski definition) is 1. The number of aryl methyl sites for hydroxylation is 1. The first-order valence-electron chi connectivity index (χ1n) is 9.35. The SMILES string of the molecule is Cc1ccnc2c(Cl)cc(-c3cc4ccc(=O)[nH]c4nc3-c3ccc(F)cc3)cc12. The summed E-state index contributed by atoms with van der Waals surface area (Å²) in [5.74, 6) is -0.329. The number of nitrogens with one attached hydrogen (secondary N) is 1. The maximum atomic E-state index is 13.5. The summed E-state index contributed by atoms with van der Waals surface area (Å²) < 4.78 is 13.5. The smallest absolute Gasteiger partial charge is 0.249 e. The fourth-order valence-corrected chi connectivity index (χ4v) is 3.90. The number of H-pyrrole nitrogens is 1. The molecule has 0 fully saturated rings. The van der Waals surface area contributed by atoms with Crippen molar-refractivity contribution < 1.29 is 4.39 Å². The van der Waals surface area contributed by atoms with Gasteiger partial charge in [-0.05, 0) is 72.6 Å². The summed E-state index contributed by atoms with van der Waals surface area (Å²) in [5.41, 5.74) is 5.08. The van der Waals surface area contributed by atoms with Crippen molar-refractivity contribution in [3.05, 3.63) is 93.6 Å². The molecule has 1 N–H and O–H groups in total. The van der Waals surface area contributed by atoms with Crippen LogP contribution in [-0.2, 0) is 0 Å². The molecule has 5 aromatic rings. The molecule has 0 aliphatic heterocycles. The van der Waals surface area contributed by atoms with Crippen LogP contribution in [0.5, 0.6) is 0 Å². The molecule has 3 heterocycles. The zero-order valence-electron chi connectivity index (χ0n) is 15.9. The normalized spacial score (nSPS) is 11.3. The summed E-state index contributed by atoms with van der Waals surface area (Å²) in [4.78, 5) is 23.7. The van der Waals surface area contributed by atoms with Crippen LogP contribution in [0.15, 0.2) is 71.7 Å². The molecule has 3 aromatic heterocycles. The molecule has 0 aliphatic rings. The molecule has 0 aliphatic carbocycles. The van der Waals surface area contributed by atoms with Gasteiger partial charge in [0.25, 0.3) is 0 Å². The zero-order chi connectivity index (χ0) is 20.8. The summed E-state index contributed by atoms with van der Waals surface area (Å²) >= 11 is 6.56. The molecule has 30 heavy (non-hydrogen) atoms. The van der Waals surface area contributed by atoms with Gasteiger partial charge in [0, 0.05) is 34.2 Å². The van der Waals surface area contributed by atoms with Crippen LogP contribution in [0.2, 0.25) is 5.02 Å². The van der Waals surface area contributed by atoms with Crippen LogP contribution in [0.1, 0.15) is 5.56 Å². The second kappa shape index (κ2) is 7.04. The third-order valence-electron chi connectivity index (χ3n) is 5.15. The Kier molecular flexibility index (Phi) is 4.33. The van der Waals surface area contributed by atoms with Crippen LogP contribution in [0.3, 0.4) is 0 Å². The number of pyridine rings is 3. The fraction of sp³-hybridized carbons (Fsp3) is 0.0417. The Morgan fingerprint density at radius 1 is 0.967 bits per heavy atom. The molecule has 0 amide bonds. The van der Waals surface area contributed by atoms with Gasteiger partial charge in [0.2, 0.25) is 5.56 Å². The van der Waals surface area contributed by atoms with E-state index in [2.05, 4.69) is 9.97 Å². The maximum absolute atomic E-state index is 13.5. The van der Waals surface area contributed by atoms with Gasteiger partial charge in [-0.25, -0.2) is 9.37 Å². The van der Waals surface area contributed by atoms with Gasteiger partial charge in [-0.3, -0.25) is 9.78 Å². The van der Waals surface area contributed by atoms with Crippen LogP contribution in [0, 0.1) is 12.7 Å². The molecule has 4 nitrogen and oxygen atoms in total. The lowest BCUT2D eigenvalue weighted by Crippen LogP contribution is -2.04. The van der Waals surface area contributed by atoms with Gasteiger partial charge < -0.3 is 4.98 Å². The van der Waals surface area contributed by atoms with Crippen LogP contribution < -0.4 is 5.56 Å². The minimum absolute atomic E-state index is 0.233. The summed E-state index contributed by atoms with van der Waals surface area (Å²) in [6, 6.07) is 17.1. The van der Waals surface area contributed by atoms with Crippen molar-refractivity contribution in [3.8, 4) is 22.4 Å². The van der Waals surface area contributed by atoms with Gasteiger partial charge in [-0.2, -0.15) is 0 Å². The highest BCUT2D eigenvalue weighted by atomic mass is 35.5. The van der Waals surface area contributed by atoms with Crippen molar-refractivity contribution >= 4 is 33.5 Å². The largest absolute Gasteiger partial charge is 0.307 e. The number of halogens is 2. The quantitative estimate of drug-likeness (QED) is 0.390. The molecule has 146 valence electrons. The monoisotopic (exact) mass is 415 g/mol. The number of fused-ring (bicyclic) bond motifs is 2. The van der Waals surface area contributed by atoms with Gasteiger partial charge in [-0.15, -0.1) is 0 Å². The number of aromatic nitrogens is 3. The van der Waals surface area contributed by atoms with Crippen LogP contribution in [0.4, 0.5) is 4.39 Å². The lowest BCUT2D eigenvalue weighted by Gasteiger charge is -2.13. The molecule has 6 heteroatoms. The van der Waals surface area contributed by atoms with E-state index in [4.69, 9.17) is 16.6 Å². The first kappa shape index (κ1) is 18.5. The average Bonchev–Trinajstić information content (AvgIpc) is 2.74. The lowest BCUT2D eigenvalue weighted by molar-refractivity contribution is 0.628. The summed E-state index contributed by atoms with van der Waals surface area (Å²) in [6.07, 6.45) is 1.74. The Labute approximate surface area is 176 Å². The van der Waals surface area contributed by atoms with E-state index in [0.717, 1.165) is 38.5 Å². The van der Waals surface area contributed by atoms with E-state index >= 15 is 0 Å². The topological polar surface area (TPSA) is 58.6 Å². The summed E-state index contributed by atoms with van der Waals surface area (Å²) in [7, 11) is 0. The Morgan fingerprint density at radius 3 is 2.57 bits per heavy atom. The molecule has 0 saturated heterocycles. The Hall–Kier alpha value is -3.57. The molecule has 0 spiro atoms. The fourth-order valence-electron chi connectivity index (χ4n) is 3.63. The average molecular weight is 416 g/mol. The van der Waals surface area contributed by atoms with E-state index in [1.54, 1.807) is 24.4 Å². The van der Waals surface area contributed by atoms with Gasteiger partial charge in [-0.1, -0.05) is 11.6 Å². The van der Waals surface area contributed by atoms with E-state index < -0.39 is 0 Å². The number of benzene rings is 2. The minimum Gasteiger partial charge on any atom is -0.307 e. The number of hydrogen-bond acceptors (Lipinski definition) is 3. The highest BCUT2D eigenvalue weighted by Gasteiger charge is 2.15. The van der Waals surface area contributed by atoms with Crippen LogP contribution >= 0.6 is 11.6 Å². The second-order valence-corrected chi connectivity index (χ2v) is 7.54. The highest BCUT2D eigenvalue weighted by Crippen LogP contribution is 2.37. The van der Waals surface area contributed by atoms with Crippen LogP contribution in [-0.4, -0.2) is 15.0 Å². The Bertz CT molecular complexity index is 1490. The predicted octanol–water partition coefficient (Wildman–Crippen LogP) is 5.91. The highest BCUT2D eigenvalue weighted by molar-refractivity contribution is 6.35. The molecule has 0 radical (unpaired) electrons. The summed E-state index contributed by atoms with van der Waals surface area (Å²) in [5, 5.41) is 2.28. The standard InChI is InChI=1S/C24H15ClFN3O/c1-13-8-9-27-23-18(13)11-16(12-20(23)25)19-10-15-4-7-21(30)28-24(15)29-22(19)14-2-5-17(26)6-3-14/h2-12H,1H3,(H,28,29,30). The molecular formula is C24H15ClFN3O. The van der Waals surface area contributed by atoms with Crippen molar-refractivity contribution in [3.63, 3.8) is 0 Å². The Morgan fingerprint density at radius 2 is 1.77 bits per heavy atom. The van der Waals surface area contributed by atoms with Gasteiger partial charge in [0.15, 0.2) is 0 Å². The molecule has 0 saturated carbocycles. The van der Waals surface area contributed by atoms with Crippen molar-refractivity contribution in [2.75, 3.05) is 0 Å². The number of nitrogens with zero attached hydrogens (tertiary/aromatic N) is 2. The van der Waals surface area contributed by atoms with Crippen molar-refractivity contribution in [2.45, 2.75) is 6.92 Å². The first-order chi connectivity index (χ1) is 14.5. The van der Waals surface area contributed by atoms with Gasteiger partial charge >= 0.3 is 0 Å². The molecule has 0 bridgehead atoms. The van der Waals surface area contributed by atoms with Crippen LogP contribution in [0.25, 0.3) is 44.3 Å². The van der Waals surface area contributed by atoms with Crippen molar-refractivity contribution in [1.82, 2.24) is 15.0 Å². The van der Waals surface area contributed by atoms with Gasteiger partial charge in [0.1, 0.15) is 11.5 Å². The third kappa shape index (κ3) is 3.13. The number of aromatic amines is 1. The van der Waals surface area contributed by atoms with E-state index in [1.165, 1.54) is 18.2 Å². The Balaban J connectivity index is 1.85. The first-order valence-corrected chi connectivity index (χ1v) is 9.73. The summed E-state index contributed by atoms with van der Waals surface area (Å²) in [6.45, 7) is 2.01. The third-order valence-corrected chi connectivity index (χ3v) is 5.44. The van der Waals surface area contributed by atoms with Crippen molar-refractivity contribution in [2.24, 2.45) is 0 Å². The predicted molar refractivity (Wildman–Crippen MR) is 118 cm³/mol. The molecule has 2 aromatic carbocycles. The minimum atomic E-state index is -0.329. The lowest BCUT2D eigenvalue weighted by atomic mass is 9.96. The zero-order valence-corrected chi connectivity index (χ0v) is 16.7. The van der Waals surface area contributed by atoms with E-state index in [1.807, 2.05) is 31.2 Å². The van der Waals surface area contributed by atoms with Crippen molar-refractivity contribution in [1.29, 1.82) is 0 Å². The van der Waals surface area contributed by atoms with E-state index in [9.17, 15) is 9.18 Å². The van der Waals surface area contributed by atoms with E-state index in [0.29, 0.717) is 16.4 Å². The molecule has 0 atom stereocenters. The molecule has 0 unspecified atom stereocenters. The molecular weight excluding hydrogens is 401 g/mol. The molecule has 5 rings (SSSR count). The number of rotatable bonds is 2. The van der Waals surface area contributed by atoms with E-state index in [-0.39, 0.29) is 11.4 Å². The second-order valence-electron chi connectivity index (χ2n) is 7.13.